The molecule has 3 nitrogen and oxygen atoms in total. The van der Waals surface area contributed by atoms with Crippen molar-refractivity contribution in [2.75, 3.05) is 13.1 Å². The predicted molar refractivity (Wildman–Crippen MR) is 52.6 cm³/mol. The summed E-state index contributed by atoms with van der Waals surface area (Å²) in [5, 5.41) is 19.0. The summed E-state index contributed by atoms with van der Waals surface area (Å²) < 4.78 is 0. The fourth-order valence-corrected chi connectivity index (χ4v) is 1.81. The van der Waals surface area contributed by atoms with Crippen LogP contribution in [-0.2, 0) is 0 Å². The molecule has 3 atom stereocenters. The largest absolute Gasteiger partial charge is 0.392 e. The van der Waals surface area contributed by atoms with E-state index < -0.39 is 0 Å². The summed E-state index contributed by atoms with van der Waals surface area (Å²) >= 11 is 0. The molecule has 1 rings (SSSR count). The third kappa shape index (κ3) is 3.25. The van der Waals surface area contributed by atoms with Gasteiger partial charge in [-0.15, -0.1) is 0 Å². The van der Waals surface area contributed by atoms with Crippen molar-refractivity contribution in [2.45, 2.75) is 51.4 Å². The Morgan fingerprint density at radius 2 is 2.15 bits per heavy atom. The summed E-state index contributed by atoms with van der Waals surface area (Å²) in [6.07, 6.45) is 2.30. The molecule has 2 N–H and O–H groups in total. The second-order valence-corrected chi connectivity index (χ2v) is 4.10. The maximum Gasteiger partial charge on any atom is 0.0667 e. The Balaban J connectivity index is 2.37. The second-order valence-electron chi connectivity index (χ2n) is 4.10. The lowest BCUT2D eigenvalue weighted by Gasteiger charge is -2.36. The summed E-state index contributed by atoms with van der Waals surface area (Å²) in [7, 11) is 0. The standard InChI is InChI=1S/C10H21NO2/c1-3-9(12)6-11-7-10(13)5-4-8(11)2/h8-10,12-13H,3-7H2,1-2H3/t8-,9?,10-/m1/s1. The smallest absolute Gasteiger partial charge is 0.0667 e. The molecule has 1 heterocycles. The Morgan fingerprint density at radius 3 is 2.77 bits per heavy atom. The molecule has 1 aliphatic rings. The Labute approximate surface area is 80.4 Å². The van der Waals surface area contributed by atoms with E-state index in [2.05, 4.69) is 11.8 Å². The van der Waals surface area contributed by atoms with Crippen molar-refractivity contribution >= 4 is 0 Å². The summed E-state index contributed by atoms with van der Waals surface area (Å²) in [6.45, 7) is 5.57. The molecule has 1 aliphatic heterocycles. The maximum atomic E-state index is 9.49. The molecule has 1 fully saturated rings. The highest BCUT2D eigenvalue weighted by molar-refractivity contribution is 4.79. The summed E-state index contributed by atoms with van der Waals surface area (Å²) in [5.74, 6) is 0. The fraction of sp³-hybridized carbons (Fsp3) is 1.00. The molecule has 0 spiro atoms. The van der Waals surface area contributed by atoms with Crippen LogP contribution in [0.2, 0.25) is 0 Å². The molecule has 0 aromatic rings. The van der Waals surface area contributed by atoms with Crippen LogP contribution in [0.1, 0.15) is 33.1 Å². The van der Waals surface area contributed by atoms with Gasteiger partial charge in [0, 0.05) is 19.1 Å². The van der Waals surface area contributed by atoms with Crippen molar-refractivity contribution < 1.29 is 10.2 Å². The highest BCUT2D eigenvalue weighted by Gasteiger charge is 2.24. The first-order valence-corrected chi connectivity index (χ1v) is 5.23. The monoisotopic (exact) mass is 187 g/mol. The number of hydrogen-bond donors (Lipinski definition) is 2. The van der Waals surface area contributed by atoms with Gasteiger partial charge in [-0.05, 0) is 26.2 Å². The van der Waals surface area contributed by atoms with E-state index in [0.717, 1.165) is 25.8 Å². The van der Waals surface area contributed by atoms with Crippen LogP contribution in [0, 0.1) is 0 Å². The van der Waals surface area contributed by atoms with E-state index in [4.69, 9.17) is 0 Å². The topological polar surface area (TPSA) is 43.7 Å². The van der Waals surface area contributed by atoms with Crippen LogP contribution >= 0.6 is 0 Å². The highest BCUT2D eigenvalue weighted by Crippen LogP contribution is 2.17. The number of aliphatic hydroxyl groups excluding tert-OH is 2. The molecule has 0 aliphatic carbocycles. The molecule has 0 saturated carbocycles. The zero-order valence-corrected chi connectivity index (χ0v) is 8.61. The van der Waals surface area contributed by atoms with E-state index in [1.54, 1.807) is 0 Å². The summed E-state index contributed by atoms with van der Waals surface area (Å²) in [4.78, 5) is 2.18. The van der Waals surface area contributed by atoms with Gasteiger partial charge in [-0.3, -0.25) is 4.90 Å². The van der Waals surface area contributed by atoms with Gasteiger partial charge in [0.15, 0.2) is 0 Å². The lowest BCUT2D eigenvalue weighted by Crippen LogP contribution is -2.47. The first kappa shape index (κ1) is 11.0. The van der Waals surface area contributed by atoms with Crippen molar-refractivity contribution in [3.8, 4) is 0 Å². The van der Waals surface area contributed by atoms with Crippen molar-refractivity contribution in [2.24, 2.45) is 0 Å². The van der Waals surface area contributed by atoms with E-state index in [9.17, 15) is 10.2 Å². The number of β-amino-alcohol motifs (C(OH)–C–C–N with tert-alkyl or cyclic N) is 2. The number of piperidine rings is 1. The molecule has 1 saturated heterocycles. The third-order valence-electron chi connectivity index (χ3n) is 2.90. The molecule has 13 heavy (non-hydrogen) atoms. The summed E-state index contributed by atoms with van der Waals surface area (Å²) in [5.41, 5.74) is 0. The van der Waals surface area contributed by atoms with Crippen molar-refractivity contribution in [3.05, 3.63) is 0 Å². The molecule has 3 heteroatoms. The zero-order valence-electron chi connectivity index (χ0n) is 8.61. The first-order valence-electron chi connectivity index (χ1n) is 5.23. The lowest BCUT2D eigenvalue weighted by atomic mass is 10.0. The van der Waals surface area contributed by atoms with Gasteiger partial charge in [0.1, 0.15) is 0 Å². The fourth-order valence-electron chi connectivity index (χ4n) is 1.81. The van der Waals surface area contributed by atoms with Crippen molar-refractivity contribution in [3.63, 3.8) is 0 Å². The minimum Gasteiger partial charge on any atom is -0.392 e. The molecule has 78 valence electrons. The lowest BCUT2D eigenvalue weighted by molar-refractivity contribution is 0.0119. The molecule has 1 unspecified atom stereocenters. The quantitative estimate of drug-likeness (QED) is 0.680. The van der Waals surface area contributed by atoms with Crippen LogP contribution in [0.4, 0.5) is 0 Å². The molecule has 0 aromatic carbocycles. The Bertz CT molecular complexity index is 152. The van der Waals surface area contributed by atoms with Gasteiger partial charge in [-0.1, -0.05) is 6.92 Å². The average molecular weight is 187 g/mol. The van der Waals surface area contributed by atoms with Crippen LogP contribution in [0.5, 0.6) is 0 Å². The minimum absolute atomic E-state index is 0.194. The SMILES string of the molecule is CCC(O)CN1C[C@H](O)CC[C@H]1C. The van der Waals surface area contributed by atoms with Crippen molar-refractivity contribution in [1.82, 2.24) is 4.90 Å². The molecular formula is C10H21NO2. The van der Waals surface area contributed by atoms with Crippen LogP contribution in [0.15, 0.2) is 0 Å². The van der Waals surface area contributed by atoms with Gasteiger partial charge in [0.25, 0.3) is 0 Å². The van der Waals surface area contributed by atoms with E-state index in [1.807, 2.05) is 6.92 Å². The normalized spacial score (nSPS) is 33.2. The Morgan fingerprint density at radius 1 is 1.46 bits per heavy atom. The number of rotatable bonds is 3. The highest BCUT2D eigenvalue weighted by atomic mass is 16.3. The van der Waals surface area contributed by atoms with E-state index >= 15 is 0 Å². The molecule has 0 bridgehead atoms. The van der Waals surface area contributed by atoms with Gasteiger partial charge in [-0.2, -0.15) is 0 Å². The van der Waals surface area contributed by atoms with Crippen LogP contribution < -0.4 is 0 Å². The Hall–Kier alpha value is -0.120. The van der Waals surface area contributed by atoms with Gasteiger partial charge in [-0.25, -0.2) is 0 Å². The van der Waals surface area contributed by atoms with Crippen molar-refractivity contribution in [1.29, 1.82) is 0 Å². The number of aliphatic hydroxyl groups is 2. The molecular weight excluding hydrogens is 166 g/mol. The van der Waals surface area contributed by atoms with Gasteiger partial charge >= 0.3 is 0 Å². The maximum absolute atomic E-state index is 9.49. The number of hydrogen-bond acceptors (Lipinski definition) is 3. The van der Waals surface area contributed by atoms with Crippen LogP contribution in [0.3, 0.4) is 0 Å². The zero-order chi connectivity index (χ0) is 9.84. The van der Waals surface area contributed by atoms with E-state index in [1.165, 1.54) is 0 Å². The summed E-state index contributed by atoms with van der Waals surface area (Å²) in [6, 6.07) is 0.504. The van der Waals surface area contributed by atoms with Crippen LogP contribution in [-0.4, -0.2) is 46.5 Å². The van der Waals surface area contributed by atoms with E-state index in [0.29, 0.717) is 12.6 Å². The molecule has 0 amide bonds. The van der Waals surface area contributed by atoms with Gasteiger partial charge < -0.3 is 10.2 Å². The third-order valence-corrected chi connectivity index (χ3v) is 2.90. The minimum atomic E-state index is -0.243. The first-order chi connectivity index (χ1) is 6.13. The number of nitrogens with zero attached hydrogens (tertiary/aromatic N) is 1. The Kier molecular flexibility index (Phi) is 4.16. The number of likely N-dealkylation sites (tertiary alicyclic amines) is 1. The van der Waals surface area contributed by atoms with Crippen LogP contribution in [0.25, 0.3) is 0 Å². The van der Waals surface area contributed by atoms with E-state index in [-0.39, 0.29) is 12.2 Å². The van der Waals surface area contributed by atoms with Gasteiger partial charge in [0.2, 0.25) is 0 Å². The predicted octanol–water partition coefficient (Wildman–Crippen LogP) is 0.602. The second kappa shape index (κ2) is 4.94. The molecule has 0 radical (unpaired) electrons. The van der Waals surface area contributed by atoms with Gasteiger partial charge in [0.05, 0.1) is 12.2 Å². The molecule has 0 aromatic heterocycles. The average Bonchev–Trinajstić information content (AvgIpc) is 2.11.